The molecule has 2 aromatic rings. The highest BCUT2D eigenvalue weighted by molar-refractivity contribution is 9.11. The van der Waals surface area contributed by atoms with Gasteiger partial charge in [0.25, 0.3) is 11.7 Å². The van der Waals surface area contributed by atoms with E-state index in [1.54, 1.807) is 11.0 Å². The van der Waals surface area contributed by atoms with Gasteiger partial charge in [-0.25, -0.2) is 0 Å². The Morgan fingerprint density at radius 3 is 2.43 bits per heavy atom. The van der Waals surface area contributed by atoms with Gasteiger partial charge in [-0.15, -0.1) is 0 Å². The van der Waals surface area contributed by atoms with Crippen LogP contribution in [0.1, 0.15) is 15.9 Å². The number of hydrogen-bond acceptors (Lipinski definition) is 2. The zero-order valence-corrected chi connectivity index (χ0v) is 14.1. The number of halogens is 2. The van der Waals surface area contributed by atoms with Gasteiger partial charge in [-0.05, 0) is 40.0 Å². The molecule has 2 aromatic carbocycles. The first-order valence-corrected chi connectivity index (χ1v) is 8.05. The molecule has 0 radical (unpaired) electrons. The lowest BCUT2D eigenvalue weighted by atomic mass is 10.1. The van der Waals surface area contributed by atoms with Crippen molar-refractivity contribution in [3.8, 4) is 0 Å². The number of benzene rings is 2. The van der Waals surface area contributed by atoms with E-state index in [-0.39, 0.29) is 0 Å². The van der Waals surface area contributed by atoms with Crippen molar-refractivity contribution >= 4 is 49.2 Å². The maximum Gasteiger partial charge on any atom is 0.299 e. The molecule has 21 heavy (non-hydrogen) atoms. The fourth-order valence-corrected chi connectivity index (χ4v) is 3.89. The van der Waals surface area contributed by atoms with Crippen molar-refractivity contribution < 1.29 is 9.59 Å². The van der Waals surface area contributed by atoms with Gasteiger partial charge in [0, 0.05) is 15.5 Å². The van der Waals surface area contributed by atoms with E-state index in [1.165, 1.54) is 0 Å². The highest BCUT2D eigenvalue weighted by Crippen LogP contribution is 2.38. The summed E-state index contributed by atoms with van der Waals surface area (Å²) >= 11 is 6.79. The molecule has 0 unspecified atom stereocenters. The molecule has 1 heterocycles. The molecule has 0 fully saturated rings. The van der Waals surface area contributed by atoms with Gasteiger partial charge in [0.15, 0.2) is 0 Å². The van der Waals surface area contributed by atoms with Crippen LogP contribution < -0.4 is 4.90 Å². The van der Waals surface area contributed by atoms with Crippen LogP contribution in [0.25, 0.3) is 0 Å². The van der Waals surface area contributed by atoms with E-state index < -0.39 is 11.7 Å². The summed E-state index contributed by atoms with van der Waals surface area (Å²) in [7, 11) is 0. The van der Waals surface area contributed by atoms with E-state index in [1.807, 2.05) is 36.4 Å². The number of fused-ring (bicyclic) bond motifs is 1. The molecule has 0 saturated carbocycles. The number of anilines is 1. The first-order chi connectivity index (χ1) is 10.1. The predicted molar refractivity (Wildman–Crippen MR) is 88.7 cm³/mol. The summed E-state index contributed by atoms with van der Waals surface area (Å²) in [5.74, 6) is -0.903. The summed E-state index contributed by atoms with van der Waals surface area (Å²) in [6.45, 7) is 0.488. The summed E-state index contributed by atoms with van der Waals surface area (Å²) in [5, 5.41) is 0. The van der Waals surface area contributed by atoms with Crippen molar-refractivity contribution in [2.24, 2.45) is 0 Å². The Kier molecular flexibility index (Phi) is 3.95. The summed E-state index contributed by atoms with van der Waals surface area (Å²) in [6.07, 6.45) is 0.710. The molecule has 0 bridgehead atoms. The highest BCUT2D eigenvalue weighted by Gasteiger charge is 2.37. The smallest absolute Gasteiger partial charge is 0.299 e. The Hall–Kier alpha value is -1.46. The second kappa shape index (κ2) is 5.73. The van der Waals surface area contributed by atoms with Crippen molar-refractivity contribution in [1.29, 1.82) is 0 Å². The summed E-state index contributed by atoms with van der Waals surface area (Å²) in [4.78, 5) is 25.8. The van der Waals surface area contributed by atoms with Crippen molar-refractivity contribution in [2.75, 3.05) is 11.4 Å². The van der Waals surface area contributed by atoms with E-state index in [9.17, 15) is 9.59 Å². The van der Waals surface area contributed by atoms with Gasteiger partial charge in [-0.3, -0.25) is 9.59 Å². The average Bonchev–Trinajstić information content (AvgIpc) is 2.71. The molecule has 0 aliphatic carbocycles. The molecule has 1 amide bonds. The molecular formula is C16H11Br2NO2. The number of Topliss-reactive ketones (excluding diaryl/α,β-unsaturated/α-hetero) is 1. The maximum atomic E-state index is 12.2. The highest BCUT2D eigenvalue weighted by atomic mass is 79.9. The van der Waals surface area contributed by atoms with E-state index in [0.717, 1.165) is 14.5 Å². The molecule has 1 aliphatic rings. The SMILES string of the molecule is O=C1C(=O)N(CCc2ccccc2)c2c(Br)cc(Br)cc21. The van der Waals surface area contributed by atoms with Gasteiger partial charge < -0.3 is 4.90 Å². The third-order valence-corrected chi connectivity index (χ3v) is 4.51. The number of amides is 1. The number of rotatable bonds is 3. The Balaban J connectivity index is 1.91. The Bertz CT molecular complexity index is 729. The Morgan fingerprint density at radius 2 is 1.71 bits per heavy atom. The lowest BCUT2D eigenvalue weighted by Crippen LogP contribution is -2.31. The first-order valence-electron chi connectivity index (χ1n) is 6.47. The maximum absolute atomic E-state index is 12.2. The number of carbonyl (C=O) groups excluding carboxylic acids is 2. The number of hydrogen-bond donors (Lipinski definition) is 0. The van der Waals surface area contributed by atoms with Crippen LogP contribution in [-0.4, -0.2) is 18.2 Å². The molecule has 106 valence electrons. The molecule has 0 atom stereocenters. The van der Waals surface area contributed by atoms with E-state index in [0.29, 0.717) is 24.2 Å². The fraction of sp³-hybridized carbons (Fsp3) is 0.125. The van der Waals surface area contributed by atoms with E-state index in [2.05, 4.69) is 31.9 Å². The van der Waals surface area contributed by atoms with Crippen LogP contribution in [0, 0.1) is 0 Å². The molecule has 0 saturated heterocycles. The van der Waals surface area contributed by atoms with Gasteiger partial charge in [-0.2, -0.15) is 0 Å². The number of ketones is 1. The topological polar surface area (TPSA) is 37.4 Å². The first kappa shape index (κ1) is 14.5. The molecule has 3 nitrogen and oxygen atoms in total. The zero-order chi connectivity index (χ0) is 15.0. The number of carbonyl (C=O) groups is 2. The predicted octanol–water partition coefficient (Wildman–Crippen LogP) is 3.98. The van der Waals surface area contributed by atoms with Crippen LogP contribution in [0.4, 0.5) is 5.69 Å². The standard InChI is InChI=1S/C16H11Br2NO2/c17-11-8-12-14(13(18)9-11)19(16(21)15(12)20)7-6-10-4-2-1-3-5-10/h1-5,8-9H,6-7H2. The van der Waals surface area contributed by atoms with Crippen LogP contribution >= 0.6 is 31.9 Å². The summed E-state index contributed by atoms with van der Waals surface area (Å²) < 4.78 is 1.53. The van der Waals surface area contributed by atoms with Crippen molar-refractivity contribution in [2.45, 2.75) is 6.42 Å². The minimum Gasteiger partial charge on any atom is -0.303 e. The summed E-state index contributed by atoms with van der Waals surface area (Å²) in [6, 6.07) is 13.5. The third kappa shape index (κ3) is 2.68. The van der Waals surface area contributed by atoms with Gasteiger partial charge >= 0.3 is 0 Å². The molecular weight excluding hydrogens is 398 g/mol. The Morgan fingerprint density at radius 1 is 1.00 bits per heavy atom. The van der Waals surface area contributed by atoms with Crippen LogP contribution in [0.5, 0.6) is 0 Å². The number of nitrogens with zero attached hydrogens (tertiary/aromatic N) is 1. The zero-order valence-electron chi connectivity index (χ0n) is 11.0. The van der Waals surface area contributed by atoms with Crippen LogP contribution in [-0.2, 0) is 11.2 Å². The van der Waals surface area contributed by atoms with Crippen molar-refractivity contribution in [3.05, 3.63) is 62.5 Å². The molecule has 0 aromatic heterocycles. The average molecular weight is 409 g/mol. The molecule has 1 aliphatic heterocycles. The monoisotopic (exact) mass is 407 g/mol. The van der Waals surface area contributed by atoms with Crippen molar-refractivity contribution in [1.82, 2.24) is 0 Å². The second-order valence-electron chi connectivity index (χ2n) is 4.81. The van der Waals surface area contributed by atoms with Gasteiger partial charge in [0.2, 0.25) is 0 Å². The van der Waals surface area contributed by atoms with Gasteiger partial charge in [0.05, 0.1) is 11.3 Å². The Labute approximate surface area is 139 Å². The van der Waals surface area contributed by atoms with Gasteiger partial charge in [0.1, 0.15) is 0 Å². The normalized spacial score (nSPS) is 13.7. The molecule has 3 rings (SSSR count). The van der Waals surface area contributed by atoms with Crippen LogP contribution in [0.15, 0.2) is 51.4 Å². The van der Waals surface area contributed by atoms with E-state index >= 15 is 0 Å². The molecule has 5 heteroatoms. The van der Waals surface area contributed by atoms with Crippen LogP contribution in [0.3, 0.4) is 0 Å². The molecule has 0 N–H and O–H groups in total. The van der Waals surface area contributed by atoms with Crippen LogP contribution in [0.2, 0.25) is 0 Å². The van der Waals surface area contributed by atoms with Crippen molar-refractivity contribution in [3.63, 3.8) is 0 Å². The quantitative estimate of drug-likeness (QED) is 0.720. The lowest BCUT2D eigenvalue weighted by Gasteiger charge is -2.18. The van der Waals surface area contributed by atoms with Gasteiger partial charge in [-0.1, -0.05) is 46.3 Å². The lowest BCUT2D eigenvalue weighted by molar-refractivity contribution is -0.114. The third-order valence-electron chi connectivity index (χ3n) is 3.45. The molecule has 0 spiro atoms. The fourth-order valence-electron chi connectivity index (χ4n) is 2.45. The minimum atomic E-state index is -0.459. The minimum absolute atomic E-state index is 0.444. The van der Waals surface area contributed by atoms with E-state index in [4.69, 9.17) is 0 Å². The second-order valence-corrected chi connectivity index (χ2v) is 6.58. The largest absolute Gasteiger partial charge is 0.303 e. The summed E-state index contributed by atoms with van der Waals surface area (Å²) in [5.41, 5.74) is 2.26.